The van der Waals surface area contributed by atoms with Gasteiger partial charge in [0.05, 0.1) is 25.3 Å². The molecule has 1 aromatic carbocycles. The van der Waals surface area contributed by atoms with Gasteiger partial charge >= 0.3 is 11.9 Å². The highest BCUT2D eigenvalue weighted by atomic mass is 16.7. The molecule has 240 valence electrons. The standard InChI is InChI=1S/C29H40N6O9/c1-18-19(2)28(33-24(37)10-7-11-27(40)44-35-25(38)12-13-26(35)39)29(43-23(18)16-32-34-30)41-17-22(42-20(3)36)15-31-14-21-8-5-4-6-9-21/h4-6,8-9,18-19,22-23,28-29,31H,7,10-17H2,1-3H3,(H,33,37). The van der Waals surface area contributed by atoms with Crippen molar-refractivity contribution in [2.45, 2.75) is 84.0 Å². The summed E-state index contributed by atoms with van der Waals surface area (Å²) in [5.41, 5.74) is 9.89. The number of nitrogens with zero attached hydrogens (tertiary/aromatic N) is 4. The monoisotopic (exact) mass is 616 g/mol. The molecule has 0 aromatic heterocycles. The lowest BCUT2D eigenvalue weighted by atomic mass is 9.82. The van der Waals surface area contributed by atoms with Gasteiger partial charge in [0, 0.05) is 50.6 Å². The second-order valence-corrected chi connectivity index (χ2v) is 10.8. The number of carbonyl (C=O) groups excluding carboxylic acids is 5. The molecule has 6 atom stereocenters. The zero-order valence-corrected chi connectivity index (χ0v) is 25.2. The molecule has 2 heterocycles. The quantitative estimate of drug-likeness (QED) is 0.0913. The average Bonchev–Trinajstić information content (AvgIpc) is 3.30. The van der Waals surface area contributed by atoms with Gasteiger partial charge in [0.15, 0.2) is 6.29 Å². The van der Waals surface area contributed by atoms with Crippen LogP contribution >= 0.6 is 0 Å². The molecule has 3 rings (SSSR count). The summed E-state index contributed by atoms with van der Waals surface area (Å²) in [5.74, 6) is -3.07. The predicted molar refractivity (Wildman–Crippen MR) is 154 cm³/mol. The number of imide groups is 1. The summed E-state index contributed by atoms with van der Waals surface area (Å²) >= 11 is 0. The number of rotatable bonds is 16. The van der Waals surface area contributed by atoms with Crippen molar-refractivity contribution in [1.29, 1.82) is 0 Å². The van der Waals surface area contributed by atoms with E-state index in [2.05, 4.69) is 20.7 Å². The Morgan fingerprint density at radius 2 is 1.82 bits per heavy atom. The van der Waals surface area contributed by atoms with E-state index in [0.29, 0.717) is 18.2 Å². The number of hydroxylamine groups is 2. The summed E-state index contributed by atoms with van der Waals surface area (Å²) in [6.07, 6.45) is -2.19. The molecule has 2 aliphatic heterocycles. The van der Waals surface area contributed by atoms with Gasteiger partial charge in [-0.3, -0.25) is 19.2 Å². The number of azide groups is 1. The molecule has 0 radical (unpaired) electrons. The van der Waals surface area contributed by atoms with E-state index in [4.69, 9.17) is 24.6 Å². The fraction of sp³-hybridized carbons (Fsp3) is 0.621. The number of hydrogen-bond acceptors (Lipinski definition) is 11. The van der Waals surface area contributed by atoms with Crippen LogP contribution in [0, 0.1) is 11.8 Å². The van der Waals surface area contributed by atoms with Gasteiger partial charge in [-0.15, -0.1) is 5.06 Å². The highest BCUT2D eigenvalue weighted by Gasteiger charge is 2.43. The lowest BCUT2D eigenvalue weighted by Crippen LogP contribution is -2.58. The smallest absolute Gasteiger partial charge is 0.333 e. The molecular formula is C29H40N6O9. The van der Waals surface area contributed by atoms with Crippen LogP contribution in [-0.4, -0.2) is 79.0 Å². The summed E-state index contributed by atoms with van der Waals surface area (Å²) in [7, 11) is 0. The Morgan fingerprint density at radius 3 is 2.48 bits per heavy atom. The van der Waals surface area contributed by atoms with Crippen LogP contribution in [0.2, 0.25) is 0 Å². The van der Waals surface area contributed by atoms with Crippen molar-refractivity contribution >= 4 is 29.7 Å². The molecule has 15 heteroatoms. The van der Waals surface area contributed by atoms with Gasteiger partial charge < -0.3 is 29.7 Å². The molecule has 0 spiro atoms. The molecule has 2 fully saturated rings. The van der Waals surface area contributed by atoms with Crippen LogP contribution in [0.15, 0.2) is 35.4 Å². The molecule has 44 heavy (non-hydrogen) atoms. The largest absolute Gasteiger partial charge is 0.459 e. The zero-order chi connectivity index (χ0) is 32.1. The first-order valence-corrected chi connectivity index (χ1v) is 14.6. The Balaban J connectivity index is 1.58. The van der Waals surface area contributed by atoms with E-state index in [1.807, 2.05) is 44.2 Å². The van der Waals surface area contributed by atoms with Gasteiger partial charge in [-0.1, -0.05) is 49.3 Å². The lowest BCUT2D eigenvalue weighted by molar-refractivity contribution is -0.241. The Bertz CT molecular complexity index is 1190. The molecule has 2 aliphatic rings. The van der Waals surface area contributed by atoms with Crippen LogP contribution in [0.1, 0.15) is 58.4 Å². The summed E-state index contributed by atoms with van der Waals surface area (Å²) in [6.45, 7) is 6.04. The van der Waals surface area contributed by atoms with Gasteiger partial charge in [-0.2, -0.15) is 0 Å². The fourth-order valence-corrected chi connectivity index (χ4v) is 4.96. The van der Waals surface area contributed by atoms with Crippen molar-refractivity contribution in [3.8, 4) is 0 Å². The van der Waals surface area contributed by atoms with Gasteiger partial charge in [0.2, 0.25) is 5.91 Å². The van der Waals surface area contributed by atoms with Crippen molar-refractivity contribution < 1.29 is 43.0 Å². The van der Waals surface area contributed by atoms with Gasteiger partial charge in [0.1, 0.15) is 6.10 Å². The average molecular weight is 617 g/mol. The minimum absolute atomic E-state index is 0.00658. The first kappa shape index (κ1) is 34.5. The third-order valence-corrected chi connectivity index (χ3v) is 7.54. The Labute approximate surface area is 255 Å². The predicted octanol–water partition coefficient (Wildman–Crippen LogP) is 2.29. The maximum atomic E-state index is 12.9. The number of nitrogens with one attached hydrogen (secondary N) is 2. The SMILES string of the molecule is CC(=O)OC(CNCc1ccccc1)COC1OC(CN=[N+]=[N-])C(C)C(C)C1NC(=O)CCCC(=O)ON1C(=O)CCC1=O. The van der Waals surface area contributed by atoms with Crippen LogP contribution in [0.25, 0.3) is 10.4 Å². The molecule has 2 N–H and O–H groups in total. The van der Waals surface area contributed by atoms with Crippen LogP contribution in [0.5, 0.6) is 0 Å². The molecular weight excluding hydrogens is 576 g/mol. The third kappa shape index (κ3) is 10.6. The molecule has 1 aromatic rings. The highest BCUT2D eigenvalue weighted by Crippen LogP contribution is 2.32. The van der Waals surface area contributed by atoms with Gasteiger partial charge in [-0.05, 0) is 29.4 Å². The normalized spacial score (nSPS) is 23.9. The first-order valence-electron chi connectivity index (χ1n) is 14.6. The van der Waals surface area contributed by atoms with E-state index < -0.39 is 48.3 Å². The topological polar surface area (TPSA) is 198 Å². The van der Waals surface area contributed by atoms with E-state index in [1.54, 1.807) is 0 Å². The number of ether oxygens (including phenoxy) is 3. The Morgan fingerprint density at radius 1 is 1.11 bits per heavy atom. The maximum Gasteiger partial charge on any atom is 0.333 e. The first-order chi connectivity index (χ1) is 21.1. The fourth-order valence-electron chi connectivity index (χ4n) is 4.96. The summed E-state index contributed by atoms with van der Waals surface area (Å²) in [4.78, 5) is 67.7. The van der Waals surface area contributed by atoms with E-state index in [1.165, 1.54) is 6.92 Å². The molecule has 0 saturated carbocycles. The number of carbonyl (C=O) groups is 5. The van der Waals surface area contributed by atoms with E-state index in [-0.39, 0.29) is 63.0 Å². The summed E-state index contributed by atoms with van der Waals surface area (Å²) in [5, 5.41) is 10.3. The molecule has 3 amide bonds. The van der Waals surface area contributed by atoms with Crippen LogP contribution in [0.3, 0.4) is 0 Å². The van der Waals surface area contributed by atoms with E-state index in [0.717, 1.165) is 5.56 Å². The molecule has 2 saturated heterocycles. The molecule has 0 aliphatic carbocycles. The number of benzene rings is 1. The van der Waals surface area contributed by atoms with Crippen molar-refractivity contribution in [3.05, 3.63) is 46.3 Å². The Kier molecular flexibility index (Phi) is 13.5. The number of amides is 3. The van der Waals surface area contributed by atoms with Crippen LogP contribution in [-0.2, 0) is 49.6 Å². The van der Waals surface area contributed by atoms with E-state index in [9.17, 15) is 24.0 Å². The van der Waals surface area contributed by atoms with Gasteiger partial charge in [0.25, 0.3) is 11.8 Å². The summed E-state index contributed by atoms with van der Waals surface area (Å²) < 4.78 is 17.7. The second-order valence-electron chi connectivity index (χ2n) is 10.8. The molecule has 6 unspecified atom stereocenters. The van der Waals surface area contributed by atoms with E-state index >= 15 is 0 Å². The molecule has 15 nitrogen and oxygen atoms in total. The number of esters is 1. The van der Waals surface area contributed by atoms with Crippen LogP contribution < -0.4 is 10.6 Å². The maximum absolute atomic E-state index is 12.9. The van der Waals surface area contributed by atoms with Crippen molar-refractivity contribution in [2.24, 2.45) is 17.0 Å². The number of hydrogen-bond donors (Lipinski definition) is 2. The van der Waals surface area contributed by atoms with Crippen molar-refractivity contribution in [3.63, 3.8) is 0 Å². The van der Waals surface area contributed by atoms with Gasteiger partial charge in [-0.25, -0.2) is 4.79 Å². The summed E-state index contributed by atoms with van der Waals surface area (Å²) in [6, 6.07) is 9.11. The molecule has 0 bridgehead atoms. The highest BCUT2D eigenvalue weighted by molar-refractivity contribution is 6.01. The lowest BCUT2D eigenvalue weighted by Gasteiger charge is -2.44. The zero-order valence-electron chi connectivity index (χ0n) is 25.2. The second kappa shape index (κ2) is 17.3. The minimum atomic E-state index is -0.951. The van der Waals surface area contributed by atoms with Crippen molar-refractivity contribution in [1.82, 2.24) is 15.7 Å². The van der Waals surface area contributed by atoms with Crippen LogP contribution in [0.4, 0.5) is 0 Å². The minimum Gasteiger partial charge on any atom is -0.459 e. The van der Waals surface area contributed by atoms with Crippen molar-refractivity contribution in [2.75, 3.05) is 19.7 Å². The third-order valence-electron chi connectivity index (χ3n) is 7.54. The Hall–Kier alpha value is -4.04.